The van der Waals surface area contributed by atoms with Gasteiger partial charge in [0.2, 0.25) is 0 Å². The van der Waals surface area contributed by atoms with E-state index in [-0.39, 0.29) is 6.04 Å². The molecule has 116 valence electrons. The van der Waals surface area contributed by atoms with Crippen LogP contribution in [-0.4, -0.2) is 16.3 Å². The summed E-state index contributed by atoms with van der Waals surface area (Å²) in [5, 5.41) is 8.30. The number of rotatable bonds is 8. The van der Waals surface area contributed by atoms with E-state index in [1.54, 1.807) is 0 Å². The highest BCUT2D eigenvalue weighted by Crippen LogP contribution is 2.21. The van der Waals surface area contributed by atoms with Crippen LogP contribution < -0.4 is 5.32 Å². The highest BCUT2D eigenvalue weighted by molar-refractivity contribution is 5.19. The molecular formula is C17H27N3O. The van der Waals surface area contributed by atoms with E-state index >= 15 is 0 Å². The van der Waals surface area contributed by atoms with Gasteiger partial charge >= 0.3 is 0 Å². The average molecular weight is 289 g/mol. The van der Waals surface area contributed by atoms with Crippen LogP contribution in [0.2, 0.25) is 0 Å². The quantitative estimate of drug-likeness (QED) is 0.797. The van der Waals surface area contributed by atoms with Crippen molar-refractivity contribution in [3.8, 4) is 0 Å². The van der Waals surface area contributed by atoms with E-state index in [0.717, 1.165) is 37.3 Å². The number of hydrogen-bond acceptors (Lipinski definition) is 3. The molecule has 4 nitrogen and oxygen atoms in total. The van der Waals surface area contributed by atoms with E-state index in [1.165, 1.54) is 5.56 Å². The first-order valence-electron chi connectivity index (χ1n) is 7.96. The van der Waals surface area contributed by atoms with Crippen molar-refractivity contribution in [2.24, 2.45) is 0 Å². The molecule has 0 radical (unpaired) electrons. The van der Waals surface area contributed by atoms with Crippen molar-refractivity contribution in [1.29, 1.82) is 0 Å². The van der Waals surface area contributed by atoms with Crippen LogP contribution in [0.4, 0.5) is 0 Å². The molecular weight excluding hydrogens is 262 g/mol. The van der Waals surface area contributed by atoms with Crippen molar-refractivity contribution in [3.05, 3.63) is 41.6 Å². The lowest BCUT2D eigenvalue weighted by Gasteiger charge is -2.16. The lowest BCUT2D eigenvalue weighted by molar-refractivity contribution is 0.463. The molecule has 0 aliphatic rings. The maximum atomic E-state index is 5.46. The van der Waals surface area contributed by atoms with Gasteiger partial charge in [0.1, 0.15) is 5.76 Å². The summed E-state index contributed by atoms with van der Waals surface area (Å²) in [6, 6.07) is 4.96. The molecule has 0 fully saturated rings. The zero-order chi connectivity index (χ0) is 15.2. The smallest absolute Gasteiger partial charge is 0.101 e. The van der Waals surface area contributed by atoms with Crippen LogP contribution in [0.25, 0.3) is 0 Å². The Kier molecular flexibility index (Phi) is 5.62. The van der Waals surface area contributed by atoms with Crippen LogP contribution >= 0.6 is 0 Å². The molecule has 2 aromatic heterocycles. The van der Waals surface area contributed by atoms with Gasteiger partial charge in [0.05, 0.1) is 12.0 Å². The molecule has 0 saturated carbocycles. The Morgan fingerprint density at radius 3 is 2.81 bits per heavy atom. The van der Waals surface area contributed by atoms with Gasteiger partial charge in [-0.05, 0) is 45.4 Å². The molecule has 2 aromatic rings. The fourth-order valence-corrected chi connectivity index (χ4v) is 2.40. The first-order valence-corrected chi connectivity index (χ1v) is 7.96. The number of nitrogens with zero attached hydrogens (tertiary/aromatic N) is 2. The molecule has 0 aromatic carbocycles. The lowest BCUT2D eigenvalue weighted by Crippen LogP contribution is -2.24. The molecule has 1 N–H and O–H groups in total. The Morgan fingerprint density at radius 1 is 1.38 bits per heavy atom. The minimum atomic E-state index is 0.266. The second-order valence-corrected chi connectivity index (χ2v) is 5.75. The first kappa shape index (κ1) is 15.8. The summed E-state index contributed by atoms with van der Waals surface area (Å²) in [5.74, 6) is 0.957. The normalized spacial score (nSPS) is 14.3. The summed E-state index contributed by atoms with van der Waals surface area (Å²) >= 11 is 0. The van der Waals surface area contributed by atoms with Gasteiger partial charge in [-0.3, -0.25) is 4.68 Å². The topological polar surface area (TPSA) is 43.0 Å². The third kappa shape index (κ3) is 4.21. The maximum absolute atomic E-state index is 5.46. The van der Waals surface area contributed by atoms with E-state index in [4.69, 9.17) is 9.52 Å². The maximum Gasteiger partial charge on any atom is 0.101 e. The molecule has 21 heavy (non-hydrogen) atoms. The number of hydrogen-bond donors (Lipinski definition) is 1. The fraction of sp³-hybridized carbons (Fsp3) is 0.588. The Labute approximate surface area is 127 Å². The van der Waals surface area contributed by atoms with Crippen LogP contribution in [-0.2, 0) is 6.42 Å². The molecule has 2 atom stereocenters. The summed E-state index contributed by atoms with van der Waals surface area (Å²) < 4.78 is 7.52. The second-order valence-electron chi connectivity index (χ2n) is 5.75. The van der Waals surface area contributed by atoms with Crippen molar-refractivity contribution in [2.45, 2.75) is 59.0 Å². The largest absolute Gasteiger partial charge is 0.469 e. The molecule has 4 heteroatoms. The average Bonchev–Trinajstić information content (AvgIpc) is 3.11. The van der Waals surface area contributed by atoms with Crippen LogP contribution in [0.15, 0.2) is 29.0 Å². The molecule has 2 rings (SSSR count). The van der Waals surface area contributed by atoms with E-state index < -0.39 is 0 Å². The lowest BCUT2D eigenvalue weighted by atomic mass is 10.0. The zero-order valence-electron chi connectivity index (χ0n) is 13.6. The van der Waals surface area contributed by atoms with Gasteiger partial charge in [0.15, 0.2) is 0 Å². The fourth-order valence-electron chi connectivity index (χ4n) is 2.40. The summed E-state index contributed by atoms with van der Waals surface area (Å²) in [6.07, 6.45) is 7.05. The van der Waals surface area contributed by atoms with Crippen LogP contribution in [0.5, 0.6) is 0 Å². The van der Waals surface area contributed by atoms with E-state index in [1.807, 2.05) is 13.2 Å². The van der Waals surface area contributed by atoms with Crippen LogP contribution in [0.3, 0.4) is 0 Å². The van der Waals surface area contributed by atoms with Gasteiger partial charge in [-0.2, -0.15) is 5.10 Å². The SMILES string of the molecule is CCCNC(Cc1ccn(C(C)CC)n1)c1coc(C)c1. The van der Waals surface area contributed by atoms with Crippen molar-refractivity contribution >= 4 is 0 Å². The summed E-state index contributed by atoms with van der Waals surface area (Å²) in [7, 11) is 0. The summed E-state index contributed by atoms with van der Waals surface area (Å²) in [5.41, 5.74) is 2.33. The van der Waals surface area contributed by atoms with Crippen LogP contribution in [0, 0.1) is 6.92 Å². The Hall–Kier alpha value is -1.55. The minimum Gasteiger partial charge on any atom is -0.469 e. The molecule has 0 amide bonds. The van der Waals surface area contributed by atoms with Gasteiger partial charge in [-0.1, -0.05) is 13.8 Å². The van der Waals surface area contributed by atoms with Gasteiger partial charge < -0.3 is 9.73 Å². The molecule has 2 unspecified atom stereocenters. The first-order chi connectivity index (χ1) is 10.1. The predicted molar refractivity (Wildman–Crippen MR) is 85.4 cm³/mol. The molecule has 0 aliphatic carbocycles. The Morgan fingerprint density at radius 2 is 2.19 bits per heavy atom. The number of aryl methyl sites for hydroxylation is 1. The molecule has 0 bridgehead atoms. The molecule has 0 saturated heterocycles. The summed E-state index contributed by atoms with van der Waals surface area (Å²) in [6.45, 7) is 9.55. The van der Waals surface area contributed by atoms with Gasteiger partial charge in [-0.15, -0.1) is 0 Å². The molecule has 0 spiro atoms. The van der Waals surface area contributed by atoms with E-state index in [2.05, 4.69) is 49.1 Å². The summed E-state index contributed by atoms with van der Waals surface area (Å²) in [4.78, 5) is 0. The van der Waals surface area contributed by atoms with E-state index in [9.17, 15) is 0 Å². The monoisotopic (exact) mass is 289 g/mol. The van der Waals surface area contributed by atoms with Crippen molar-refractivity contribution < 1.29 is 4.42 Å². The van der Waals surface area contributed by atoms with Gasteiger partial charge in [0, 0.05) is 30.3 Å². The van der Waals surface area contributed by atoms with E-state index in [0.29, 0.717) is 6.04 Å². The third-order valence-electron chi connectivity index (χ3n) is 3.91. The van der Waals surface area contributed by atoms with Crippen molar-refractivity contribution in [2.75, 3.05) is 6.54 Å². The second kappa shape index (κ2) is 7.46. The van der Waals surface area contributed by atoms with Crippen molar-refractivity contribution in [1.82, 2.24) is 15.1 Å². The van der Waals surface area contributed by atoms with Gasteiger partial charge in [0.25, 0.3) is 0 Å². The minimum absolute atomic E-state index is 0.266. The highest BCUT2D eigenvalue weighted by atomic mass is 16.3. The van der Waals surface area contributed by atoms with Crippen molar-refractivity contribution in [3.63, 3.8) is 0 Å². The van der Waals surface area contributed by atoms with Gasteiger partial charge in [-0.25, -0.2) is 0 Å². The van der Waals surface area contributed by atoms with Crippen LogP contribution in [0.1, 0.15) is 62.7 Å². The Bertz CT molecular complexity index is 544. The standard InChI is InChI=1S/C17H27N3O/c1-5-8-18-17(15-10-14(4)21-12-15)11-16-7-9-20(19-16)13(3)6-2/h7,9-10,12-13,17-18H,5-6,8,11H2,1-4H3. The highest BCUT2D eigenvalue weighted by Gasteiger charge is 2.16. The Balaban J connectivity index is 2.09. The molecule has 0 aliphatic heterocycles. The number of nitrogens with one attached hydrogen (secondary N) is 1. The molecule has 2 heterocycles. The number of aromatic nitrogens is 2. The number of furan rings is 1. The zero-order valence-corrected chi connectivity index (χ0v) is 13.6. The third-order valence-corrected chi connectivity index (χ3v) is 3.91. The predicted octanol–water partition coefficient (Wildman–Crippen LogP) is 4.04.